The summed E-state index contributed by atoms with van der Waals surface area (Å²) in [5.74, 6) is 0. The van der Waals surface area contributed by atoms with Gasteiger partial charge < -0.3 is 0 Å². The number of fused-ring (bicyclic) bond motifs is 1. The number of nitrogens with one attached hydrogen (secondary N) is 1. The fourth-order valence-corrected chi connectivity index (χ4v) is 3.71. The molecule has 0 unspecified atom stereocenters. The summed E-state index contributed by atoms with van der Waals surface area (Å²) in [5, 5.41) is 4.20. The van der Waals surface area contributed by atoms with E-state index in [1.807, 2.05) is 37.4 Å². The van der Waals surface area contributed by atoms with Crippen LogP contribution in [-0.4, -0.2) is 18.0 Å². The first-order chi connectivity index (χ1) is 10.5. The third kappa shape index (κ3) is 2.75. The Hall–Kier alpha value is -2.18. The highest BCUT2D eigenvalue weighted by Gasteiger charge is 2.17. The molecular weight excluding hydrogens is 298 g/mol. The molecule has 0 saturated carbocycles. The van der Waals surface area contributed by atoms with Crippen molar-refractivity contribution in [3.8, 4) is 0 Å². The van der Waals surface area contributed by atoms with E-state index in [0.717, 1.165) is 22.2 Å². The molecular formula is C16H17N3O2S. The molecule has 2 aromatic heterocycles. The molecule has 22 heavy (non-hydrogen) atoms. The largest absolute Gasteiger partial charge is 0.241 e. The maximum Gasteiger partial charge on any atom is 0.241 e. The zero-order chi connectivity index (χ0) is 15.7. The zero-order valence-corrected chi connectivity index (χ0v) is 13.3. The van der Waals surface area contributed by atoms with E-state index in [9.17, 15) is 8.42 Å². The van der Waals surface area contributed by atoms with E-state index >= 15 is 0 Å². The van der Waals surface area contributed by atoms with E-state index in [4.69, 9.17) is 0 Å². The third-order valence-electron chi connectivity index (χ3n) is 3.58. The molecule has 1 N–H and O–H groups in total. The van der Waals surface area contributed by atoms with Gasteiger partial charge >= 0.3 is 0 Å². The summed E-state index contributed by atoms with van der Waals surface area (Å²) in [6.45, 7) is 3.95. The van der Waals surface area contributed by atoms with Crippen LogP contribution < -0.4 is 4.72 Å². The Morgan fingerprint density at radius 3 is 2.77 bits per heavy atom. The van der Waals surface area contributed by atoms with Crippen LogP contribution in [0.4, 0.5) is 0 Å². The van der Waals surface area contributed by atoms with Gasteiger partial charge in [0.05, 0.1) is 16.6 Å². The van der Waals surface area contributed by atoms with Crippen LogP contribution in [0, 0.1) is 13.8 Å². The van der Waals surface area contributed by atoms with Gasteiger partial charge in [-0.1, -0.05) is 23.8 Å². The van der Waals surface area contributed by atoms with Gasteiger partial charge in [-0.15, -0.1) is 0 Å². The highest BCUT2D eigenvalue weighted by molar-refractivity contribution is 7.89. The minimum absolute atomic E-state index is 0.211. The molecule has 5 nitrogen and oxygen atoms in total. The summed E-state index contributed by atoms with van der Waals surface area (Å²) in [6.07, 6.45) is 3.51. The second kappa shape index (κ2) is 5.55. The SMILES string of the molecule is Cc1ccc(S(=O)(=O)NCc2cnn3ccccc23)c(C)c1. The number of nitrogens with zero attached hydrogens (tertiary/aromatic N) is 2. The van der Waals surface area contributed by atoms with Crippen LogP contribution in [0.1, 0.15) is 16.7 Å². The summed E-state index contributed by atoms with van der Waals surface area (Å²) in [5.41, 5.74) is 3.52. The van der Waals surface area contributed by atoms with Gasteiger partial charge in [-0.3, -0.25) is 0 Å². The van der Waals surface area contributed by atoms with Gasteiger partial charge in [-0.25, -0.2) is 17.7 Å². The molecule has 1 aromatic carbocycles. The number of hydrogen-bond acceptors (Lipinski definition) is 3. The fraction of sp³-hybridized carbons (Fsp3) is 0.188. The first-order valence-corrected chi connectivity index (χ1v) is 8.44. The van der Waals surface area contributed by atoms with Crippen LogP contribution in [0.25, 0.3) is 5.52 Å². The zero-order valence-electron chi connectivity index (χ0n) is 12.4. The summed E-state index contributed by atoms with van der Waals surface area (Å²) in [6, 6.07) is 11.0. The van der Waals surface area contributed by atoms with Crippen molar-refractivity contribution in [3.05, 3.63) is 65.5 Å². The molecule has 0 fully saturated rings. The number of benzene rings is 1. The standard InChI is InChI=1S/C16H17N3O2S/c1-12-6-7-16(13(2)9-12)22(20,21)18-11-14-10-17-19-8-4-3-5-15(14)19/h3-10,18H,11H2,1-2H3. The highest BCUT2D eigenvalue weighted by atomic mass is 32.2. The molecule has 0 aliphatic carbocycles. The second-order valence-corrected chi connectivity index (χ2v) is 7.03. The fourth-order valence-electron chi connectivity index (χ4n) is 2.48. The van der Waals surface area contributed by atoms with Crippen molar-refractivity contribution >= 4 is 15.5 Å². The molecule has 0 saturated heterocycles. The number of rotatable bonds is 4. The summed E-state index contributed by atoms with van der Waals surface area (Å²) < 4.78 is 29.3. The minimum Gasteiger partial charge on any atom is -0.241 e. The van der Waals surface area contributed by atoms with Gasteiger partial charge in [0, 0.05) is 18.3 Å². The van der Waals surface area contributed by atoms with Crippen LogP contribution in [-0.2, 0) is 16.6 Å². The van der Waals surface area contributed by atoms with Crippen molar-refractivity contribution in [1.29, 1.82) is 0 Å². The number of pyridine rings is 1. The lowest BCUT2D eigenvalue weighted by Crippen LogP contribution is -2.24. The molecule has 3 rings (SSSR count). The molecule has 0 bridgehead atoms. The van der Waals surface area contributed by atoms with Gasteiger partial charge in [0.15, 0.2) is 0 Å². The van der Waals surface area contributed by atoms with Crippen LogP contribution in [0.3, 0.4) is 0 Å². The first kappa shape index (κ1) is 14.7. The molecule has 0 aliphatic rings. The lowest BCUT2D eigenvalue weighted by molar-refractivity contribution is 0.581. The lowest BCUT2D eigenvalue weighted by atomic mass is 10.2. The van der Waals surface area contributed by atoms with Crippen LogP contribution in [0.5, 0.6) is 0 Å². The Labute approximate surface area is 129 Å². The summed E-state index contributed by atoms with van der Waals surface area (Å²) in [7, 11) is -3.54. The Kier molecular flexibility index (Phi) is 3.72. The molecule has 114 valence electrons. The predicted molar refractivity (Wildman–Crippen MR) is 85.1 cm³/mol. The third-order valence-corrected chi connectivity index (χ3v) is 5.14. The molecule has 0 spiro atoms. The van der Waals surface area contributed by atoms with Crippen molar-refractivity contribution in [2.24, 2.45) is 0 Å². The van der Waals surface area contributed by atoms with Crippen molar-refractivity contribution in [2.45, 2.75) is 25.3 Å². The predicted octanol–water partition coefficient (Wildman–Crippen LogP) is 2.43. The average Bonchev–Trinajstić information content (AvgIpc) is 2.88. The Balaban J connectivity index is 1.86. The molecule has 3 aromatic rings. The quantitative estimate of drug-likeness (QED) is 0.804. The maximum atomic E-state index is 12.5. The van der Waals surface area contributed by atoms with Gasteiger partial charge in [0.25, 0.3) is 0 Å². The first-order valence-electron chi connectivity index (χ1n) is 6.95. The number of aryl methyl sites for hydroxylation is 2. The van der Waals surface area contributed by atoms with Gasteiger partial charge in [0.1, 0.15) is 0 Å². The van der Waals surface area contributed by atoms with E-state index in [1.165, 1.54) is 0 Å². The molecule has 0 amide bonds. The number of hydrogen-bond donors (Lipinski definition) is 1. The normalized spacial score (nSPS) is 11.9. The molecule has 6 heteroatoms. The van der Waals surface area contributed by atoms with E-state index in [-0.39, 0.29) is 6.54 Å². The Bertz CT molecular complexity index is 929. The van der Waals surface area contributed by atoms with Crippen molar-refractivity contribution < 1.29 is 8.42 Å². The van der Waals surface area contributed by atoms with Crippen molar-refractivity contribution in [1.82, 2.24) is 14.3 Å². The topological polar surface area (TPSA) is 63.5 Å². The van der Waals surface area contributed by atoms with Crippen LogP contribution in [0.15, 0.2) is 53.7 Å². The van der Waals surface area contributed by atoms with E-state index in [0.29, 0.717) is 4.90 Å². The Morgan fingerprint density at radius 1 is 1.18 bits per heavy atom. The van der Waals surface area contributed by atoms with Gasteiger partial charge in [-0.05, 0) is 37.6 Å². The van der Waals surface area contributed by atoms with E-state index in [1.54, 1.807) is 29.8 Å². The highest BCUT2D eigenvalue weighted by Crippen LogP contribution is 2.17. The molecule has 0 atom stereocenters. The van der Waals surface area contributed by atoms with Crippen LogP contribution >= 0.6 is 0 Å². The van der Waals surface area contributed by atoms with Crippen molar-refractivity contribution in [3.63, 3.8) is 0 Å². The second-order valence-electron chi connectivity index (χ2n) is 5.29. The van der Waals surface area contributed by atoms with Gasteiger partial charge in [0.2, 0.25) is 10.0 Å². The summed E-state index contributed by atoms with van der Waals surface area (Å²) in [4.78, 5) is 0.314. The van der Waals surface area contributed by atoms with E-state index < -0.39 is 10.0 Å². The van der Waals surface area contributed by atoms with E-state index in [2.05, 4.69) is 9.82 Å². The Morgan fingerprint density at radius 2 is 2.00 bits per heavy atom. The number of sulfonamides is 1. The lowest BCUT2D eigenvalue weighted by Gasteiger charge is -2.09. The average molecular weight is 315 g/mol. The number of aromatic nitrogens is 2. The van der Waals surface area contributed by atoms with Gasteiger partial charge in [-0.2, -0.15) is 5.10 Å². The van der Waals surface area contributed by atoms with Crippen molar-refractivity contribution in [2.75, 3.05) is 0 Å². The summed E-state index contributed by atoms with van der Waals surface area (Å²) >= 11 is 0. The maximum absolute atomic E-state index is 12.5. The minimum atomic E-state index is -3.54. The smallest absolute Gasteiger partial charge is 0.241 e. The van der Waals surface area contributed by atoms with Crippen LogP contribution in [0.2, 0.25) is 0 Å². The monoisotopic (exact) mass is 315 g/mol. The molecule has 2 heterocycles. The molecule has 0 radical (unpaired) electrons. The molecule has 0 aliphatic heterocycles.